The van der Waals surface area contributed by atoms with Crippen LogP contribution in [-0.2, 0) is 22.6 Å². The first-order valence-corrected chi connectivity index (χ1v) is 5.39. The fourth-order valence-corrected chi connectivity index (χ4v) is 2.40. The Hall–Kier alpha value is -1.84. The Morgan fingerprint density at radius 1 is 1.19 bits per heavy atom. The number of amides is 2. The first kappa shape index (κ1) is 9.39. The lowest BCUT2D eigenvalue weighted by Gasteiger charge is -2.39. The highest BCUT2D eigenvalue weighted by molar-refractivity contribution is 5.95. The summed E-state index contributed by atoms with van der Waals surface area (Å²) in [5.74, 6) is -0.0202. The lowest BCUT2D eigenvalue weighted by molar-refractivity contribution is -0.146. The molecule has 1 N–H and O–H groups in total. The van der Waals surface area contributed by atoms with Crippen molar-refractivity contribution in [3.8, 4) is 0 Å². The Morgan fingerprint density at radius 3 is 2.75 bits per heavy atom. The van der Waals surface area contributed by atoms with E-state index in [0.29, 0.717) is 13.0 Å². The number of hydrogen-bond donors (Lipinski definition) is 1. The fraction of sp³-hybridized carbons (Fsp3) is 0.333. The Bertz CT molecular complexity index is 427. The van der Waals surface area contributed by atoms with Crippen LogP contribution in [0.1, 0.15) is 11.1 Å². The van der Waals surface area contributed by atoms with Crippen LogP contribution in [0, 0.1) is 0 Å². The van der Waals surface area contributed by atoms with Gasteiger partial charge in [0, 0.05) is 13.0 Å². The maximum atomic E-state index is 11.7. The van der Waals surface area contributed by atoms with Crippen LogP contribution in [0.2, 0.25) is 0 Å². The molecule has 3 rings (SSSR count). The summed E-state index contributed by atoms with van der Waals surface area (Å²) in [5, 5.41) is 2.63. The Balaban J connectivity index is 2.00. The van der Waals surface area contributed by atoms with Crippen LogP contribution in [-0.4, -0.2) is 29.3 Å². The van der Waals surface area contributed by atoms with Gasteiger partial charge in [-0.3, -0.25) is 9.59 Å². The molecule has 1 atom stereocenters. The van der Waals surface area contributed by atoms with Crippen molar-refractivity contribution in [2.45, 2.75) is 19.0 Å². The van der Waals surface area contributed by atoms with E-state index in [2.05, 4.69) is 5.32 Å². The molecule has 1 saturated heterocycles. The molecule has 2 amide bonds. The van der Waals surface area contributed by atoms with E-state index >= 15 is 0 Å². The van der Waals surface area contributed by atoms with Gasteiger partial charge in [-0.05, 0) is 11.1 Å². The lowest BCUT2D eigenvalue weighted by Crippen LogP contribution is -2.60. The zero-order chi connectivity index (χ0) is 11.1. The highest BCUT2D eigenvalue weighted by atomic mass is 16.2. The zero-order valence-corrected chi connectivity index (χ0v) is 8.77. The molecule has 4 nitrogen and oxygen atoms in total. The van der Waals surface area contributed by atoms with Gasteiger partial charge in [0.05, 0.1) is 6.54 Å². The van der Waals surface area contributed by atoms with Gasteiger partial charge in [-0.1, -0.05) is 24.3 Å². The quantitative estimate of drug-likeness (QED) is 0.667. The third kappa shape index (κ3) is 1.30. The minimum Gasteiger partial charge on any atom is -0.345 e. The number of benzene rings is 1. The van der Waals surface area contributed by atoms with E-state index in [-0.39, 0.29) is 24.4 Å². The molecular weight excluding hydrogens is 204 g/mol. The molecule has 1 fully saturated rings. The summed E-state index contributed by atoms with van der Waals surface area (Å²) < 4.78 is 0. The molecule has 16 heavy (non-hydrogen) atoms. The first-order valence-electron chi connectivity index (χ1n) is 5.39. The molecule has 1 aromatic carbocycles. The van der Waals surface area contributed by atoms with Crippen LogP contribution in [0.5, 0.6) is 0 Å². The molecule has 0 spiro atoms. The standard InChI is InChI=1S/C12H12N2O2/c15-11-6-13-12(16)10-5-8-3-1-2-4-9(8)7-14(10)11/h1-4,10H,5-7H2,(H,13,16). The van der Waals surface area contributed by atoms with Crippen molar-refractivity contribution < 1.29 is 9.59 Å². The Labute approximate surface area is 93.2 Å². The Morgan fingerprint density at radius 2 is 1.94 bits per heavy atom. The van der Waals surface area contributed by atoms with Crippen molar-refractivity contribution in [2.24, 2.45) is 0 Å². The summed E-state index contributed by atoms with van der Waals surface area (Å²) in [5.41, 5.74) is 2.33. The van der Waals surface area contributed by atoms with Crippen molar-refractivity contribution in [3.63, 3.8) is 0 Å². The van der Waals surface area contributed by atoms with Crippen molar-refractivity contribution >= 4 is 11.8 Å². The fourth-order valence-electron chi connectivity index (χ4n) is 2.40. The number of rotatable bonds is 0. The Kier molecular flexibility index (Phi) is 1.96. The molecule has 0 radical (unpaired) electrons. The van der Waals surface area contributed by atoms with E-state index in [9.17, 15) is 9.59 Å². The van der Waals surface area contributed by atoms with Crippen LogP contribution in [0.3, 0.4) is 0 Å². The van der Waals surface area contributed by atoms with E-state index < -0.39 is 0 Å². The molecule has 0 aliphatic carbocycles. The molecule has 1 unspecified atom stereocenters. The smallest absolute Gasteiger partial charge is 0.243 e. The predicted octanol–water partition coefficient (Wildman–Crippen LogP) is 0.0697. The molecule has 0 saturated carbocycles. The predicted molar refractivity (Wildman–Crippen MR) is 57.5 cm³/mol. The normalized spacial score (nSPS) is 23.5. The zero-order valence-electron chi connectivity index (χ0n) is 8.77. The summed E-state index contributed by atoms with van der Waals surface area (Å²) in [7, 11) is 0. The second-order valence-electron chi connectivity index (χ2n) is 4.23. The number of hydrogen-bond acceptors (Lipinski definition) is 2. The van der Waals surface area contributed by atoms with Gasteiger partial charge < -0.3 is 10.2 Å². The number of nitrogens with zero attached hydrogens (tertiary/aromatic N) is 1. The van der Waals surface area contributed by atoms with Gasteiger partial charge in [-0.15, -0.1) is 0 Å². The highest BCUT2D eigenvalue weighted by Crippen LogP contribution is 2.24. The molecule has 0 aromatic heterocycles. The van der Waals surface area contributed by atoms with Crippen molar-refractivity contribution in [1.29, 1.82) is 0 Å². The van der Waals surface area contributed by atoms with Crippen LogP contribution >= 0.6 is 0 Å². The minimum absolute atomic E-state index is 0.0131. The summed E-state index contributed by atoms with van der Waals surface area (Å²) >= 11 is 0. The summed E-state index contributed by atoms with van der Waals surface area (Å²) in [4.78, 5) is 25.1. The van der Waals surface area contributed by atoms with E-state index in [1.54, 1.807) is 4.90 Å². The van der Waals surface area contributed by atoms with E-state index in [1.807, 2.05) is 24.3 Å². The van der Waals surface area contributed by atoms with Crippen molar-refractivity contribution in [2.75, 3.05) is 6.54 Å². The minimum atomic E-state index is -0.309. The number of nitrogens with one attached hydrogen (secondary N) is 1. The molecule has 1 aromatic rings. The third-order valence-corrected chi connectivity index (χ3v) is 3.29. The number of carbonyl (C=O) groups excluding carboxylic acids is 2. The number of fused-ring (bicyclic) bond motifs is 2. The molecule has 2 heterocycles. The van der Waals surface area contributed by atoms with Gasteiger partial charge >= 0.3 is 0 Å². The monoisotopic (exact) mass is 216 g/mol. The van der Waals surface area contributed by atoms with Crippen LogP contribution in [0.25, 0.3) is 0 Å². The second-order valence-corrected chi connectivity index (χ2v) is 4.23. The van der Waals surface area contributed by atoms with Crippen LogP contribution in [0.15, 0.2) is 24.3 Å². The summed E-state index contributed by atoms with van der Waals surface area (Å²) in [6.45, 7) is 0.699. The van der Waals surface area contributed by atoms with Gasteiger partial charge in [0.25, 0.3) is 0 Å². The SMILES string of the molecule is O=C1NCC(=O)N2Cc3ccccc3CC12. The summed E-state index contributed by atoms with van der Waals surface area (Å²) in [6.07, 6.45) is 0.633. The van der Waals surface area contributed by atoms with Crippen molar-refractivity contribution in [1.82, 2.24) is 10.2 Å². The molecule has 2 aliphatic heterocycles. The van der Waals surface area contributed by atoms with Gasteiger partial charge in [0.15, 0.2) is 0 Å². The molecule has 4 heteroatoms. The number of piperazine rings is 1. The molecule has 0 bridgehead atoms. The average Bonchev–Trinajstić information content (AvgIpc) is 2.32. The van der Waals surface area contributed by atoms with Gasteiger partial charge in [0.1, 0.15) is 6.04 Å². The average molecular weight is 216 g/mol. The second kappa shape index (κ2) is 3.33. The van der Waals surface area contributed by atoms with Crippen molar-refractivity contribution in [3.05, 3.63) is 35.4 Å². The van der Waals surface area contributed by atoms with Gasteiger partial charge in [-0.25, -0.2) is 0 Å². The molecule has 2 aliphatic rings. The summed E-state index contributed by atoms with van der Waals surface area (Å²) in [6, 6.07) is 7.67. The van der Waals surface area contributed by atoms with E-state index in [4.69, 9.17) is 0 Å². The first-order chi connectivity index (χ1) is 7.75. The topological polar surface area (TPSA) is 49.4 Å². The largest absolute Gasteiger partial charge is 0.345 e. The van der Waals surface area contributed by atoms with E-state index in [0.717, 1.165) is 5.56 Å². The molecule has 82 valence electrons. The highest BCUT2D eigenvalue weighted by Gasteiger charge is 2.37. The van der Waals surface area contributed by atoms with Gasteiger partial charge in [-0.2, -0.15) is 0 Å². The van der Waals surface area contributed by atoms with Gasteiger partial charge in [0.2, 0.25) is 11.8 Å². The third-order valence-electron chi connectivity index (χ3n) is 3.29. The lowest BCUT2D eigenvalue weighted by atomic mass is 9.92. The van der Waals surface area contributed by atoms with Crippen LogP contribution in [0.4, 0.5) is 0 Å². The number of carbonyl (C=O) groups is 2. The van der Waals surface area contributed by atoms with Crippen LogP contribution < -0.4 is 5.32 Å². The maximum Gasteiger partial charge on any atom is 0.243 e. The van der Waals surface area contributed by atoms with E-state index in [1.165, 1.54) is 5.56 Å². The molecular formula is C12H12N2O2. The maximum absolute atomic E-state index is 11.7.